The van der Waals surface area contributed by atoms with E-state index in [2.05, 4.69) is 10.5 Å². The van der Waals surface area contributed by atoms with Gasteiger partial charge >= 0.3 is 6.03 Å². The van der Waals surface area contributed by atoms with Crippen LogP contribution in [-0.2, 0) is 6.54 Å². The zero-order chi connectivity index (χ0) is 17.6. The average molecular weight is 343 g/mol. The highest BCUT2D eigenvalue weighted by Crippen LogP contribution is 2.19. The summed E-state index contributed by atoms with van der Waals surface area (Å²) in [7, 11) is 0. The highest BCUT2D eigenvalue weighted by molar-refractivity contribution is 5.74. The van der Waals surface area contributed by atoms with Crippen LogP contribution in [0.3, 0.4) is 0 Å². The number of urea groups is 1. The number of piperidine rings is 1. The number of hydrogen-bond acceptors (Lipinski definition) is 4. The molecular weight excluding hydrogens is 318 g/mol. The van der Waals surface area contributed by atoms with Crippen molar-refractivity contribution in [3.05, 3.63) is 47.3 Å². The minimum Gasteiger partial charge on any atom is -0.493 e. The summed E-state index contributed by atoms with van der Waals surface area (Å²) < 4.78 is 10.9. The molecule has 3 rings (SSSR count). The van der Waals surface area contributed by atoms with Gasteiger partial charge in [-0.1, -0.05) is 23.4 Å². The summed E-state index contributed by atoms with van der Waals surface area (Å²) in [6.07, 6.45) is 1.93. The zero-order valence-electron chi connectivity index (χ0n) is 14.8. The number of nitrogens with one attached hydrogen (secondary N) is 1. The predicted molar refractivity (Wildman–Crippen MR) is 94.4 cm³/mol. The van der Waals surface area contributed by atoms with E-state index in [-0.39, 0.29) is 6.03 Å². The number of benzene rings is 1. The Morgan fingerprint density at radius 1 is 1.28 bits per heavy atom. The van der Waals surface area contributed by atoms with Crippen LogP contribution in [0.1, 0.15) is 29.9 Å². The maximum absolute atomic E-state index is 12.3. The van der Waals surface area contributed by atoms with E-state index < -0.39 is 0 Å². The first-order valence-corrected chi connectivity index (χ1v) is 8.76. The second-order valence-electron chi connectivity index (χ2n) is 6.52. The van der Waals surface area contributed by atoms with Gasteiger partial charge < -0.3 is 19.5 Å². The van der Waals surface area contributed by atoms with Crippen molar-refractivity contribution < 1.29 is 14.1 Å². The molecule has 0 saturated carbocycles. The third-order valence-electron chi connectivity index (χ3n) is 4.73. The number of likely N-dealkylation sites (tertiary alicyclic amines) is 1. The van der Waals surface area contributed by atoms with Crippen LogP contribution in [0.4, 0.5) is 4.79 Å². The van der Waals surface area contributed by atoms with E-state index in [4.69, 9.17) is 9.26 Å². The molecule has 1 aromatic heterocycles. The first-order chi connectivity index (χ1) is 12.1. The number of carbonyl (C=O) groups excluding carboxylic acids is 1. The van der Waals surface area contributed by atoms with Crippen molar-refractivity contribution in [1.29, 1.82) is 0 Å². The van der Waals surface area contributed by atoms with Crippen molar-refractivity contribution in [2.75, 3.05) is 19.7 Å². The Hall–Kier alpha value is -2.50. The third-order valence-corrected chi connectivity index (χ3v) is 4.73. The van der Waals surface area contributed by atoms with Crippen molar-refractivity contribution in [3.8, 4) is 5.75 Å². The second-order valence-corrected chi connectivity index (χ2v) is 6.52. The molecule has 1 aliphatic rings. The molecule has 6 heteroatoms. The van der Waals surface area contributed by atoms with E-state index in [9.17, 15) is 4.79 Å². The van der Waals surface area contributed by atoms with Crippen LogP contribution in [0.15, 0.2) is 34.9 Å². The van der Waals surface area contributed by atoms with Crippen molar-refractivity contribution in [3.63, 3.8) is 0 Å². The second kappa shape index (κ2) is 8.05. The Balaban J connectivity index is 1.40. The van der Waals surface area contributed by atoms with E-state index >= 15 is 0 Å². The van der Waals surface area contributed by atoms with Gasteiger partial charge in [0.2, 0.25) is 0 Å². The average Bonchev–Trinajstić information content (AvgIpc) is 2.97. The van der Waals surface area contributed by atoms with Crippen molar-refractivity contribution in [2.24, 2.45) is 5.92 Å². The highest BCUT2D eigenvalue weighted by Gasteiger charge is 2.23. The molecular formula is C19H25N3O3. The number of carbonyl (C=O) groups is 1. The molecule has 0 radical (unpaired) electrons. The summed E-state index contributed by atoms with van der Waals surface area (Å²) in [4.78, 5) is 14.2. The van der Waals surface area contributed by atoms with Gasteiger partial charge in [0.15, 0.2) is 0 Å². The number of ether oxygens (including phenoxy) is 1. The maximum atomic E-state index is 12.3. The standard InChI is InChI=1S/C19H25N3O3/c1-14-18(15(2)25-21-14)12-20-19(23)22-10-8-16(9-11-22)13-24-17-6-4-3-5-7-17/h3-7,16H,8-13H2,1-2H3,(H,20,23). The predicted octanol–water partition coefficient (Wildman–Crippen LogP) is 3.29. The van der Waals surface area contributed by atoms with Gasteiger partial charge in [-0.15, -0.1) is 0 Å². The SMILES string of the molecule is Cc1noc(C)c1CNC(=O)N1CCC(COc2ccccc2)CC1. The van der Waals surface area contributed by atoms with E-state index in [0.717, 1.165) is 48.7 Å². The Bertz CT molecular complexity index is 672. The summed E-state index contributed by atoms with van der Waals surface area (Å²) in [5.74, 6) is 2.16. The molecule has 0 spiro atoms. The summed E-state index contributed by atoms with van der Waals surface area (Å²) in [5, 5.41) is 6.87. The van der Waals surface area contributed by atoms with Gasteiger partial charge in [-0.25, -0.2) is 4.79 Å². The van der Waals surface area contributed by atoms with Crippen LogP contribution in [0.5, 0.6) is 5.75 Å². The fraction of sp³-hybridized carbons (Fsp3) is 0.474. The number of aryl methyl sites for hydroxylation is 2. The highest BCUT2D eigenvalue weighted by atomic mass is 16.5. The molecule has 1 saturated heterocycles. The molecule has 2 heterocycles. The maximum Gasteiger partial charge on any atom is 0.317 e. The largest absolute Gasteiger partial charge is 0.493 e. The molecule has 1 aromatic carbocycles. The van der Waals surface area contributed by atoms with E-state index in [0.29, 0.717) is 19.1 Å². The van der Waals surface area contributed by atoms with Crippen molar-refractivity contribution in [1.82, 2.24) is 15.4 Å². The lowest BCUT2D eigenvalue weighted by atomic mass is 9.98. The molecule has 25 heavy (non-hydrogen) atoms. The summed E-state index contributed by atoms with van der Waals surface area (Å²) in [6.45, 7) is 6.43. The topological polar surface area (TPSA) is 67.6 Å². The summed E-state index contributed by atoms with van der Waals surface area (Å²) in [5.41, 5.74) is 1.79. The lowest BCUT2D eigenvalue weighted by molar-refractivity contribution is 0.145. The molecule has 0 aliphatic carbocycles. The van der Waals surface area contributed by atoms with Crippen LogP contribution in [-0.4, -0.2) is 35.8 Å². The Morgan fingerprint density at radius 3 is 2.64 bits per heavy atom. The first kappa shape index (κ1) is 17.3. The molecule has 1 fully saturated rings. The van der Waals surface area contributed by atoms with Crippen LogP contribution < -0.4 is 10.1 Å². The summed E-state index contributed by atoms with van der Waals surface area (Å²) >= 11 is 0. The van der Waals surface area contributed by atoms with Crippen LogP contribution >= 0.6 is 0 Å². The molecule has 0 unspecified atom stereocenters. The number of aromatic nitrogens is 1. The fourth-order valence-corrected chi connectivity index (χ4v) is 3.06. The quantitative estimate of drug-likeness (QED) is 0.904. The number of rotatable bonds is 5. The molecule has 0 atom stereocenters. The summed E-state index contributed by atoms with van der Waals surface area (Å²) in [6, 6.07) is 9.84. The third kappa shape index (κ3) is 4.53. The molecule has 2 aromatic rings. The Kier molecular flexibility index (Phi) is 5.58. The number of nitrogens with zero attached hydrogens (tertiary/aromatic N) is 2. The minimum atomic E-state index is -0.0255. The number of amides is 2. The van der Waals surface area contributed by atoms with Gasteiger partial charge in [0.05, 0.1) is 12.3 Å². The van der Waals surface area contributed by atoms with Crippen molar-refractivity contribution in [2.45, 2.75) is 33.2 Å². The van der Waals surface area contributed by atoms with Crippen LogP contribution in [0, 0.1) is 19.8 Å². The van der Waals surface area contributed by atoms with Gasteiger partial charge in [0.25, 0.3) is 0 Å². The Morgan fingerprint density at radius 2 is 2.00 bits per heavy atom. The minimum absolute atomic E-state index is 0.0255. The number of hydrogen-bond donors (Lipinski definition) is 1. The van der Waals surface area contributed by atoms with E-state index in [1.54, 1.807) is 0 Å². The molecule has 0 bridgehead atoms. The number of para-hydroxylation sites is 1. The van der Waals surface area contributed by atoms with Crippen LogP contribution in [0.25, 0.3) is 0 Å². The zero-order valence-corrected chi connectivity index (χ0v) is 14.8. The lowest BCUT2D eigenvalue weighted by Crippen LogP contribution is -2.45. The molecule has 1 aliphatic heterocycles. The Labute approximate surface area is 148 Å². The van der Waals surface area contributed by atoms with Gasteiger partial charge in [-0.2, -0.15) is 0 Å². The molecule has 134 valence electrons. The van der Waals surface area contributed by atoms with E-state index in [1.165, 1.54) is 0 Å². The van der Waals surface area contributed by atoms with Crippen LogP contribution in [0.2, 0.25) is 0 Å². The fourth-order valence-electron chi connectivity index (χ4n) is 3.06. The monoisotopic (exact) mass is 343 g/mol. The smallest absolute Gasteiger partial charge is 0.317 e. The van der Waals surface area contributed by atoms with E-state index in [1.807, 2.05) is 49.1 Å². The van der Waals surface area contributed by atoms with Gasteiger partial charge in [-0.05, 0) is 44.7 Å². The molecule has 6 nitrogen and oxygen atoms in total. The molecule has 1 N–H and O–H groups in total. The van der Waals surface area contributed by atoms with Gasteiger partial charge in [-0.3, -0.25) is 0 Å². The lowest BCUT2D eigenvalue weighted by Gasteiger charge is -2.31. The van der Waals surface area contributed by atoms with Gasteiger partial charge in [0, 0.05) is 25.2 Å². The molecule has 2 amide bonds. The first-order valence-electron chi connectivity index (χ1n) is 8.76. The van der Waals surface area contributed by atoms with Gasteiger partial charge in [0.1, 0.15) is 11.5 Å². The normalized spacial score (nSPS) is 15.2. The van der Waals surface area contributed by atoms with Crippen molar-refractivity contribution >= 4 is 6.03 Å².